The highest BCUT2D eigenvalue weighted by Gasteiger charge is 2.10. The van der Waals surface area contributed by atoms with Crippen molar-refractivity contribution in [1.82, 2.24) is 0 Å². The summed E-state index contributed by atoms with van der Waals surface area (Å²) >= 11 is 3.51. The van der Waals surface area contributed by atoms with Gasteiger partial charge in [0.2, 0.25) is 0 Å². The second-order valence-electron chi connectivity index (χ2n) is 6.74. The lowest BCUT2D eigenvalue weighted by molar-refractivity contribution is -0.384. The Morgan fingerprint density at radius 2 is 1.77 bits per heavy atom. The second kappa shape index (κ2) is 10.6. The van der Waals surface area contributed by atoms with Crippen LogP contribution in [-0.4, -0.2) is 18.2 Å². The topological polar surface area (TPSA) is 83.2 Å². The van der Waals surface area contributed by atoms with Gasteiger partial charge < -0.3 is 14.3 Å². The zero-order chi connectivity index (χ0) is 22.2. The third-order valence-electron chi connectivity index (χ3n) is 4.38. The zero-order valence-corrected chi connectivity index (χ0v) is 18.7. The minimum atomic E-state index is -0.446. The maximum atomic E-state index is 10.8. The van der Waals surface area contributed by atoms with E-state index in [1.165, 1.54) is 23.9 Å². The molecule has 0 aliphatic carbocycles. The van der Waals surface area contributed by atoms with Gasteiger partial charge in [-0.2, -0.15) is 0 Å². The number of rotatable bonds is 9. The minimum Gasteiger partial charge on any atom is -0.493 e. The fourth-order valence-electron chi connectivity index (χ4n) is 2.85. The third kappa shape index (κ3) is 6.29. The Kier molecular flexibility index (Phi) is 7.61. The van der Waals surface area contributed by atoms with E-state index < -0.39 is 4.92 Å². The molecule has 7 nitrogen and oxygen atoms in total. The number of non-ortho nitro benzene ring substituents is 1. The molecule has 0 saturated heterocycles. The maximum Gasteiger partial charge on any atom is 0.269 e. The first-order valence-corrected chi connectivity index (χ1v) is 10.2. The summed E-state index contributed by atoms with van der Waals surface area (Å²) in [5.41, 5.74) is 3.64. The van der Waals surface area contributed by atoms with Crippen molar-refractivity contribution in [3.05, 3.63) is 97.5 Å². The van der Waals surface area contributed by atoms with Gasteiger partial charge in [-0.05, 0) is 46.1 Å². The number of hydrogen-bond donors (Lipinski definition) is 0. The molecular formula is C23H21BrN2O5. The summed E-state index contributed by atoms with van der Waals surface area (Å²) in [6, 6.07) is 17.9. The number of nitrogens with zero attached hydrogens (tertiary/aromatic N) is 2. The SMILES string of the molecule is COc1cc(/C=N\OCc2cccc([N+](=O)[O-])c2)c(Br)cc1OCc1cccc(C)c1. The van der Waals surface area contributed by atoms with Crippen LogP contribution in [0.25, 0.3) is 0 Å². The van der Waals surface area contributed by atoms with Crippen LogP contribution in [-0.2, 0) is 18.1 Å². The van der Waals surface area contributed by atoms with Crippen molar-refractivity contribution in [2.75, 3.05) is 7.11 Å². The molecule has 0 N–H and O–H groups in total. The first kappa shape index (κ1) is 22.3. The lowest BCUT2D eigenvalue weighted by Crippen LogP contribution is -1.99. The van der Waals surface area contributed by atoms with E-state index in [9.17, 15) is 10.1 Å². The van der Waals surface area contributed by atoms with Gasteiger partial charge in [-0.25, -0.2) is 0 Å². The van der Waals surface area contributed by atoms with Gasteiger partial charge in [0.05, 0.1) is 18.2 Å². The van der Waals surface area contributed by atoms with E-state index in [0.29, 0.717) is 23.7 Å². The molecule has 0 heterocycles. The van der Waals surface area contributed by atoms with Crippen molar-refractivity contribution in [2.45, 2.75) is 20.1 Å². The summed E-state index contributed by atoms with van der Waals surface area (Å²) in [4.78, 5) is 15.7. The third-order valence-corrected chi connectivity index (χ3v) is 5.07. The smallest absolute Gasteiger partial charge is 0.269 e. The van der Waals surface area contributed by atoms with Gasteiger partial charge in [-0.15, -0.1) is 0 Å². The lowest BCUT2D eigenvalue weighted by atomic mass is 10.1. The van der Waals surface area contributed by atoms with Gasteiger partial charge in [-0.1, -0.05) is 47.1 Å². The van der Waals surface area contributed by atoms with E-state index in [1.54, 1.807) is 25.3 Å². The molecule has 8 heteroatoms. The van der Waals surface area contributed by atoms with Crippen molar-refractivity contribution in [3.8, 4) is 11.5 Å². The monoisotopic (exact) mass is 484 g/mol. The Balaban J connectivity index is 1.65. The van der Waals surface area contributed by atoms with Crippen LogP contribution in [0.1, 0.15) is 22.3 Å². The number of aryl methyl sites for hydroxylation is 1. The number of methoxy groups -OCH3 is 1. The first-order chi connectivity index (χ1) is 15.0. The van der Waals surface area contributed by atoms with Crippen LogP contribution in [0.4, 0.5) is 5.69 Å². The number of hydrogen-bond acceptors (Lipinski definition) is 6. The van der Waals surface area contributed by atoms with Crippen LogP contribution in [0.2, 0.25) is 0 Å². The number of oxime groups is 1. The lowest BCUT2D eigenvalue weighted by Gasteiger charge is -2.13. The van der Waals surface area contributed by atoms with E-state index in [-0.39, 0.29) is 12.3 Å². The van der Waals surface area contributed by atoms with Gasteiger partial charge >= 0.3 is 0 Å². The molecule has 0 saturated carbocycles. The summed E-state index contributed by atoms with van der Waals surface area (Å²) in [5, 5.41) is 14.8. The van der Waals surface area contributed by atoms with Crippen LogP contribution in [0.3, 0.4) is 0 Å². The van der Waals surface area contributed by atoms with Crippen LogP contribution in [0.15, 0.2) is 70.3 Å². The second-order valence-corrected chi connectivity index (χ2v) is 7.59. The highest BCUT2D eigenvalue weighted by Crippen LogP contribution is 2.33. The fourth-order valence-corrected chi connectivity index (χ4v) is 3.28. The minimum absolute atomic E-state index is 0.0128. The number of ether oxygens (including phenoxy) is 2. The molecular weight excluding hydrogens is 464 g/mol. The van der Waals surface area contributed by atoms with Gasteiger partial charge in [0, 0.05) is 22.2 Å². The van der Waals surface area contributed by atoms with Crippen LogP contribution >= 0.6 is 15.9 Å². The molecule has 0 spiro atoms. The van der Waals surface area contributed by atoms with Crippen molar-refractivity contribution in [3.63, 3.8) is 0 Å². The average molecular weight is 485 g/mol. The van der Waals surface area contributed by atoms with Crippen LogP contribution in [0.5, 0.6) is 11.5 Å². The van der Waals surface area contributed by atoms with Gasteiger partial charge in [-0.3, -0.25) is 10.1 Å². The van der Waals surface area contributed by atoms with E-state index in [2.05, 4.69) is 27.2 Å². The molecule has 0 bridgehead atoms. The van der Waals surface area contributed by atoms with E-state index in [4.69, 9.17) is 14.3 Å². The van der Waals surface area contributed by atoms with Crippen LogP contribution in [0, 0.1) is 17.0 Å². The fraction of sp³-hybridized carbons (Fsp3) is 0.174. The van der Waals surface area contributed by atoms with Crippen molar-refractivity contribution < 1.29 is 19.2 Å². The molecule has 0 unspecified atom stereocenters. The Morgan fingerprint density at radius 3 is 2.48 bits per heavy atom. The number of halogens is 1. The van der Waals surface area contributed by atoms with Crippen molar-refractivity contribution in [1.29, 1.82) is 0 Å². The summed E-state index contributed by atoms with van der Waals surface area (Å²) in [6.45, 7) is 2.57. The molecule has 0 aliphatic heterocycles. The molecule has 3 aromatic carbocycles. The molecule has 3 aromatic rings. The number of nitro groups is 1. The molecule has 0 atom stereocenters. The zero-order valence-electron chi connectivity index (χ0n) is 17.1. The highest BCUT2D eigenvalue weighted by atomic mass is 79.9. The first-order valence-electron chi connectivity index (χ1n) is 9.41. The molecule has 0 amide bonds. The van der Waals surface area contributed by atoms with Gasteiger partial charge in [0.25, 0.3) is 5.69 Å². The highest BCUT2D eigenvalue weighted by molar-refractivity contribution is 9.10. The van der Waals surface area contributed by atoms with Gasteiger partial charge in [0.15, 0.2) is 11.5 Å². The quantitative estimate of drug-likeness (QED) is 0.217. The van der Waals surface area contributed by atoms with Crippen molar-refractivity contribution in [2.24, 2.45) is 5.16 Å². The predicted molar refractivity (Wildman–Crippen MR) is 122 cm³/mol. The normalized spacial score (nSPS) is 10.8. The molecule has 0 radical (unpaired) electrons. The number of nitro benzene ring substituents is 1. The maximum absolute atomic E-state index is 10.8. The molecule has 31 heavy (non-hydrogen) atoms. The average Bonchev–Trinajstić information content (AvgIpc) is 2.76. The van der Waals surface area contributed by atoms with E-state index in [0.717, 1.165) is 15.6 Å². The molecule has 3 rings (SSSR count). The molecule has 0 fully saturated rings. The largest absolute Gasteiger partial charge is 0.493 e. The molecule has 0 aliphatic rings. The van der Waals surface area contributed by atoms with E-state index in [1.807, 2.05) is 31.2 Å². The van der Waals surface area contributed by atoms with Gasteiger partial charge in [0.1, 0.15) is 13.2 Å². The Labute approximate surface area is 188 Å². The summed E-state index contributed by atoms with van der Waals surface area (Å²) < 4.78 is 12.1. The van der Waals surface area contributed by atoms with Crippen LogP contribution < -0.4 is 9.47 Å². The number of benzene rings is 3. The summed E-state index contributed by atoms with van der Waals surface area (Å²) in [6.07, 6.45) is 1.54. The van der Waals surface area contributed by atoms with Crippen molar-refractivity contribution >= 4 is 27.8 Å². The Morgan fingerprint density at radius 1 is 1.03 bits per heavy atom. The molecule has 160 valence electrons. The summed E-state index contributed by atoms with van der Waals surface area (Å²) in [7, 11) is 1.57. The standard InChI is InChI=1S/C23H21BrN2O5/c1-16-5-3-6-17(9-16)14-30-23-12-21(24)19(11-22(23)29-2)13-25-31-15-18-7-4-8-20(10-18)26(27)28/h3-13H,14-15H2,1-2H3/b25-13-. The Bertz CT molecular complexity index is 1100. The molecule has 0 aromatic heterocycles. The summed E-state index contributed by atoms with van der Waals surface area (Å²) in [5.74, 6) is 1.17. The predicted octanol–water partition coefficient (Wildman–Crippen LogP) is 5.80. The Hall–Kier alpha value is -3.39. The van der Waals surface area contributed by atoms with E-state index >= 15 is 0 Å².